The summed E-state index contributed by atoms with van der Waals surface area (Å²) in [7, 11) is 0. The summed E-state index contributed by atoms with van der Waals surface area (Å²) in [6, 6.07) is 7.48. The standard InChI is InChI=1S/C19H29ClN4O3/c1-13(21)18(26)24-16(11-14-7-3-2-4-8-14)19(27)23-10-6-5-9-15(22)17(25)12-20/h2-4,7-8,13,15-16H,5-6,9-12,21-22H2,1H3,(H,23,27)(H,24,26). The van der Waals surface area contributed by atoms with E-state index in [1.165, 1.54) is 0 Å². The van der Waals surface area contributed by atoms with Gasteiger partial charge in [0.15, 0.2) is 5.78 Å². The maximum absolute atomic E-state index is 12.5. The molecule has 1 rings (SSSR count). The topological polar surface area (TPSA) is 127 Å². The van der Waals surface area contributed by atoms with E-state index in [-0.39, 0.29) is 23.5 Å². The van der Waals surface area contributed by atoms with Crippen LogP contribution in [0.1, 0.15) is 31.7 Å². The molecule has 0 aliphatic carbocycles. The van der Waals surface area contributed by atoms with E-state index in [1.807, 2.05) is 30.3 Å². The zero-order valence-electron chi connectivity index (χ0n) is 15.6. The summed E-state index contributed by atoms with van der Waals surface area (Å²) in [5.41, 5.74) is 12.2. The summed E-state index contributed by atoms with van der Waals surface area (Å²) in [6.45, 7) is 2.00. The van der Waals surface area contributed by atoms with Gasteiger partial charge in [-0.3, -0.25) is 14.4 Å². The first-order valence-corrected chi connectivity index (χ1v) is 9.60. The highest BCUT2D eigenvalue weighted by molar-refractivity contribution is 6.28. The van der Waals surface area contributed by atoms with Crippen LogP contribution >= 0.6 is 11.6 Å². The Morgan fingerprint density at radius 1 is 1.07 bits per heavy atom. The number of Topliss-reactive ketones (excluding diaryl/α,β-unsaturated/α-hetero) is 1. The minimum absolute atomic E-state index is 0.0850. The van der Waals surface area contributed by atoms with Crippen molar-refractivity contribution in [2.75, 3.05) is 12.4 Å². The quantitative estimate of drug-likeness (QED) is 0.302. The Labute approximate surface area is 165 Å². The van der Waals surface area contributed by atoms with Gasteiger partial charge in [-0.15, -0.1) is 11.6 Å². The Balaban J connectivity index is 2.50. The number of halogens is 1. The highest BCUT2D eigenvalue weighted by atomic mass is 35.5. The molecule has 1 aromatic rings. The van der Waals surface area contributed by atoms with Crippen molar-refractivity contribution in [2.24, 2.45) is 11.5 Å². The van der Waals surface area contributed by atoms with Gasteiger partial charge < -0.3 is 22.1 Å². The summed E-state index contributed by atoms with van der Waals surface area (Å²) in [4.78, 5) is 35.7. The second kappa shape index (κ2) is 12.4. The molecule has 27 heavy (non-hydrogen) atoms. The first kappa shape index (κ1) is 23.1. The largest absolute Gasteiger partial charge is 0.354 e. The fourth-order valence-electron chi connectivity index (χ4n) is 2.45. The molecule has 3 atom stereocenters. The Morgan fingerprint density at radius 3 is 2.33 bits per heavy atom. The van der Waals surface area contributed by atoms with Gasteiger partial charge in [0.1, 0.15) is 6.04 Å². The third-order valence-corrected chi connectivity index (χ3v) is 4.38. The lowest BCUT2D eigenvalue weighted by atomic mass is 10.0. The summed E-state index contributed by atoms with van der Waals surface area (Å²) in [5.74, 6) is -0.911. The van der Waals surface area contributed by atoms with Crippen LogP contribution in [0.4, 0.5) is 0 Å². The molecule has 3 unspecified atom stereocenters. The van der Waals surface area contributed by atoms with Crippen LogP contribution in [-0.4, -0.2) is 48.1 Å². The van der Waals surface area contributed by atoms with Gasteiger partial charge in [0, 0.05) is 13.0 Å². The van der Waals surface area contributed by atoms with E-state index in [0.29, 0.717) is 32.2 Å². The highest BCUT2D eigenvalue weighted by Gasteiger charge is 2.22. The molecule has 0 heterocycles. The van der Waals surface area contributed by atoms with E-state index >= 15 is 0 Å². The predicted molar refractivity (Wildman–Crippen MR) is 106 cm³/mol. The lowest BCUT2D eigenvalue weighted by molar-refractivity contribution is -0.129. The van der Waals surface area contributed by atoms with Gasteiger partial charge in [-0.05, 0) is 31.7 Å². The lowest BCUT2D eigenvalue weighted by Crippen LogP contribution is -2.52. The molecule has 2 amide bonds. The molecule has 8 heteroatoms. The first-order valence-electron chi connectivity index (χ1n) is 9.07. The van der Waals surface area contributed by atoms with Gasteiger partial charge in [-0.1, -0.05) is 30.3 Å². The van der Waals surface area contributed by atoms with Gasteiger partial charge in [-0.25, -0.2) is 0 Å². The Bertz CT molecular complexity index is 610. The number of benzene rings is 1. The fraction of sp³-hybridized carbons (Fsp3) is 0.526. The van der Waals surface area contributed by atoms with Crippen molar-refractivity contribution in [2.45, 2.75) is 50.7 Å². The van der Waals surface area contributed by atoms with Crippen molar-refractivity contribution in [3.8, 4) is 0 Å². The molecule has 0 bridgehead atoms. The average molecular weight is 397 g/mol. The normalized spacial score (nSPS) is 14.1. The third kappa shape index (κ3) is 8.99. The van der Waals surface area contributed by atoms with Crippen molar-refractivity contribution in [3.63, 3.8) is 0 Å². The fourth-order valence-corrected chi connectivity index (χ4v) is 2.64. The average Bonchev–Trinajstić information content (AvgIpc) is 2.66. The zero-order chi connectivity index (χ0) is 20.2. The molecule has 0 saturated carbocycles. The summed E-state index contributed by atoms with van der Waals surface area (Å²) >= 11 is 5.46. The number of carbonyl (C=O) groups is 3. The number of hydrogen-bond acceptors (Lipinski definition) is 5. The van der Waals surface area contributed by atoms with E-state index in [2.05, 4.69) is 10.6 Å². The van der Waals surface area contributed by atoms with Crippen LogP contribution in [-0.2, 0) is 20.8 Å². The first-order chi connectivity index (χ1) is 12.8. The zero-order valence-corrected chi connectivity index (χ0v) is 16.4. The Morgan fingerprint density at radius 2 is 1.74 bits per heavy atom. The number of unbranched alkanes of at least 4 members (excludes halogenated alkanes) is 1. The third-order valence-electron chi connectivity index (χ3n) is 4.12. The molecular weight excluding hydrogens is 368 g/mol. The molecule has 0 saturated heterocycles. The molecule has 0 aliphatic heterocycles. The van der Waals surface area contributed by atoms with Crippen LogP contribution in [0.3, 0.4) is 0 Å². The van der Waals surface area contributed by atoms with E-state index in [1.54, 1.807) is 6.92 Å². The van der Waals surface area contributed by atoms with Crippen molar-refractivity contribution in [1.29, 1.82) is 0 Å². The van der Waals surface area contributed by atoms with E-state index in [4.69, 9.17) is 23.1 Å². The Hall–Kier alpha value is -1.96. The molecular formula is C19H29ClN4O3. The van der Waals surface area contributed by atoms with Crippen molar-refractivity contribution >= 4 is 29.2 Å². The van der Waals surface area contributed by atoms with Crippen LogP contribution in [0.15, 0.2) is 30.3 Å². The number of amides is 2. The molecule has 6 N–H and O–H groups in total. The minimum atomic E-state index is -0.703. The molecule has 0 fully saturated rings. The van der Waals surface area contributed by atoms with E-state index in [0.717, 1.165) is 5.56 Å². The molecule has 1 aromatic carbocycles. The number of nitrogens with one attached hydrogen (secondary N) is 2. The lowest BCUT2D eigenvalue weighted by Gasteiger charge is -2.20. The number of alkyl halides is 1. The van der Waals surface area contributed by atoms with Crippen molar-refractivity contribution < 1.29 is 14.4 Å². The van der Waals surface area contributed by atoms with Crippen LogP contribution in [0.25, 0.3) is 0 Å². The summed E-state index contributed by atoms with van der Waals surface area (Å²) in [5, 5.41) is 5.51. The second-order valence-electron chi connectivity index (χ2n) is 6.53. The maximum Gasteiger partial charge on any atom is 0.242 e. The smallest absolute Gasteiger partial charge is 0.242 e. The van der Waals surface area contributed by atoms with Gasteiger partial charge in [-0.2, -0.15) is 0 Å². The van der Waals surface area contributed by atoms with E-state index in [9.17, 15) is 14.4 Å². The highest BCUT2D eigenvalue weighted by Crippen LogP contribution is 2.05. The van der Waals surface area contributed by atoms with E-state index < -0.39 is 18.1 Å². The molecule has 0 radical (unpaired) electrons. The van der Waals surface area contributed by atoms with Gasteiger partial charge in [0.25, 0.3) is 0 Å². The summed E-state index contributed by atoms with van der Waals surface area (Å²) in [6.07, 6.45) is 2.27. The van der Waals surface area contributed by atoms with Crippen molar-refractivity contribution in [3.05, 3.63) is 35.9 Å². The van der Waals surface area contributed by atoms with Crippen LogP contribution < -0.4 is 22.1 Å². The van der Waals surface area contributed by atoms with Gasteiger partial charge in [0.05, 0.1) is 18.0 Å². The molecule has 0 spiro atoms. The monoisotopic (exact) mass is 396 g/mol. The minimum Gasteiger partial charge on any atom is -0.354 e. The Kier molecular flexibility index (Phi) is 10.6. The predicted octanol–water partition coefficient (Wildman–Crippen LogP) is 0.483. The summed E-state index contributed by atoms with van der Waals surface area (Å²) < 4.78 is 0. The van der Waals surface area contributed by atoms with Crippen LogP contribution in [0.5, 0.6) is 0 Å². The SMILES string of the molecule is CC(N)C(=O)NC(Cc1ccccc1)C(=O)NCCCCC(N)C(=O)CCl. The van der Waals surface area contributed by atoms with Gasteiger partial charge in [0.2, 0.25) is 11.8 Å². The van der Waals surface area contributed by atoms with Gasteiger partial charge >= 0.3 is 0 Å². The maximum atomic E-state index is 12.5. The van der Waals surface area contributed by atoms with Crippen molar-refractivity contribution in [1.82, 2.24) is 10.6 Å². The number of hydrogen-bond donors (Lipinski definition) is 4. The van der Waals surface area contributed by atoms with Crippen LogP contribution in [0.2, 0.25) is 0 Å². The molecule has 150 valence electrons. The number of ketones is 1. The molecule has 0 aliphatic rings. The number of nitrogens with two attached hydrogens (primary N) is 2. The van der Waals surface area contributed by atoms with Crippen LogP contribution in [0, 0.1) is 0 Å². The molecule has 0 aromatic heterocycles. The number of rotatable bonds is 12. The second-order valence-corrected chi connectivity index (χ2v) is 6.80. The number of carbonyl (C=O) groups excluding carboxylic acids is 3. The molecule has 7 nitrogen and oxygen atoms in total.